The van der Waals surface area contributed by atoms with E-state index < -0.39 is 0 Å². The third-order valence-corrected chi connectivity index (χ3v) is 2.15. The first-order valence-corrected chi connectivity index (χ1v) is 5.19. The van der Waals surface area contributed by atoms with Gasteiger partial charge in [0.05, 0.1) is 27.0 Å². The van der Waals surface area contributed by atoms with E-state index >= 15 is 0 Å². The molecule has 1 aromatic rings. The van der Waals surface area contributed by atoms with Crippen LogP contribution >= 0.6 is 0 Å². The van der Waals surface area contributed by atoms with E-state index in [2.05, 4.69) is 19.2 Å². The van der Waals surface area contributed by atoms with E-state index in [0.29, 0.717) is 23.3 Å². The Morgan fingerprint density at radius 1 is 0.938 bits per heavy atom. The van der Waals surface area contributed by atoms with Crippen LogP contribution in [0.25, 0.3) is 0 Å². The van der Waals surface area contributed by atoms with Gasteiger partial charge in [0.15, 0.2) is 11.5 Å². The molecule has 0 bridgehead atoms. The Morgan fingerprint density at radius 3 is 2.00 bits per heavy atom. The quantitative estimate of drug-likeness (QED) is 0.836. The van der Waals surface area contributed by atoms with Gasteiger partial charge in [-0.05, 0) is 26.0 Å². The largest absolute Gasteiger partial charge is 0.493 e. The molecule has 0 spiro atoms. The Balaban J connectivity index is 3.20. The highest BCUT2D eigenvalue weighted by Gasteiger charge is 2.15. The predicted octanol–water partition coefficient (Wildman–Crippen LogP) is 2.53. The SMILES string of the molecule is COc1ccc(NC(C)C)c(OC)c1OC. The topological polar surface area (TPSA) is 39.7 Å². The van der Waals surface area contributed by atoms with Crippen molar-refractivity contribution >= 4 is 5.69 Å². The Hall–Kier alpha value is -1.58. The van der Waals surface area contributed by atoms with Gasteiger partial charge in [0.1, 0.15) is 0 Å². The maximum absolute atomic E-state index is 5.34. The molecule has 4 nitrogen and oxygen atoms in total. The molecule has 0 aliphatic carbocycles. The van der Waals surface area contributed by atoms with Crippen molar-refractivity contribution in [2.45, 2.75) is 19.9 Å². The maximum atomic E-state index is 5.34. The molecule has 0 fully saturated rings. The molecule has 4 heteroatoms. The van der Waals surface area contributed by atoms with Gasteiger partial charge in [-0.1, -0.05) is 0 Å². The fourth-order valence-corrected chi connectivity index (χ4v) is 1.53. The lowest BCUT2D eigenvalue weighted by molar-refractivity contribution is 0.325. The fraction of sp³-hybridized carbons (Fsp3) is 0.500. The second-order valence-electron chi connectivity index (χ2n) is 3.68. The Morgan fingerprint density at radius 2 is 1.56 bits per heavy atom. The maximum Gasteiger partial charge on any atom is 0.205 e. The van der Waals surface area contributed by atoms with Crippen molar-refractivity contribution in [3.63, 3.8) is 0 Å². The highest BCUT2D eigenvalue weighted by Crippen LogP contribution is 2.42. The second-order valence-corrected chi connectivity index (χ2v) is 3.68. The number of hydrogen-bond acceptors (Lipinski definition) is 4. The van der Waals surface area contributed by atoms with Crippen molar-refractivity contribution in [3.05, 3.63) is 12.1 Å². The zero-order valence-electron chi connectivity index (χ0n) is 10.5. The minimum Gasteiger partial charge on any atom is -0.493 e. The summed E-state index contributed by atoms with van der Waals surface area (Å²) < 4.78 is 15.8. The summed E-state index contributed by atoms with van der Waals surface area (Å²) in [6, 6.07) is 4.10. The predicted molar refractivity (Wildman–Crippen MR) is 64.9 cm³/mol. The molecule has 0 atom stereocenters. The lowest BCUT2D eigenvalue weighted by Gasteiger charge is -2.18. The van der Waals surface area contributed by atoms with Crippen LogP contribution in [0, 0.1) is 0 Å². The summed E-state index contributed by atoms with van der Waals surface area (Å²) >= 11 is 0. The fourth-order valence-electron chi connectivity index (χ4n) is 1.53. The molecule has 1 rings (SSSR count). The van der Waals surface area contributed by atoms with Crippen LogP contribution in [0.4, 0.5) is 5.69 Å². The number of rotatable bonds is 5. The molecule has 0 aliphatic rings. The van der Waals surface area contributed by atoms with Gasteiger partial charge in [0.25, 0.3) is 0 Å². The average Bonchev–Trinajstić information content (AvgIpc) is 2.27. The molecule has 1 N–H and O–H groups in total. The highest BCUT2D eigenvalue weighted by atomic mass is 16.5. The van der Waals surface area contributed by atoms with Crippen molar-refractivity contribution in [3.8, 4) is 17.2 Å². The lowest BCUT2D eigenvalue weighted by atomic mass is 10.2. The molecule has 1 aromatic carbocycles. The summed E-state index contributed by atoms with van der Waals surface area (Å²) in [4.78, 5) is 0. The molecule has 16 heavy (non-hydrogen) atoms. The zero-order chi connectivity index (χ0) is 12.1. The Labute approximate surface area is 96.5 Å². The average molecular weight is 225 g/mol. The smallest absolute Gasteiger partial charge is 0.205 e. The zero-order valence-corrected chi connectivity index (χ0v) is 10.5. The van der Waals surface area contributed by atoms with Crippen LogP contribution < -0.4 is 19.5 Å². The van der Waals surface area contributed by atoms with E-state index in [9.17, 15) is 0 Å². The van der Waals surface area contributed by atoms with E-state index in [-0.39, 0.29) is 0 Å². The van der Waals surface area contributed by atoms with Crippen LogP contribution in [-0.4, -0.2) is 27.4 Å². The number of nitrogens with one attached hydrogen (secondary N) is 1. The minimum absolute atomic E-state index is 0.326. The van der Waals surface area contributed by atoms with Crippen LogP contribution in [0.5, 0.6) is 17.2 Å². The van der Waals surface area contributed by atoms with Gasteiger partial charge < -0.3 is 19.5 Å². The summed E-state index contributed by atoms with van der Waals surface area (Å²) in [6.07, 6.45) is 0. The van der Waals surface area contributed by atoms with Gasteiger partial charge in [-0.3, -0.25) is 0 Å². The first kappa shape index (κ1) is 12.5. The summed E-state index contributed by atoms with van der Waals surface area (Å²) in [5.74, 6) is 1.93. The molecule has 0 unspecified atom stereocenters. The summed E-state index contributed by atoms with van der Waals surface area (Å²) in [5, 5.41) is 3.29. The van der Waals surface area contributed by atoms with Gasteiger partial charge in [-0.15, -0.1) is 0 Å². The number of anilines is 1. The van der Waals surface area contributed by atoms with Crippen LogP contribution in [0.3, 0.4) is 0 Å². The number of hydrogen-bond donors (Lipinski definition) is 1. The van der Waals surface area contributed by atoms with Gasteiger partial charge in [-0.2, -0.15) is 0 Å². The Bertz CT molecular complexity index is 350. The summed E-state index contributed by atoms with van der Waals surface area (Å²) in [5.41, 5.74) is 0.898. The van der Waals surface area contributed by atoms with Gasteiger partial charge >= 0.3 is 0 Å². The number of methoxy groups -OCH3 is 3. The minimum atomic E-state index is 0.326. The number of benzene rings is 1. The summed E-state index contributed by atoms with van der Waals surface area (Å²) in [7, 11) is 4.81. The molecule has 0 heterocycles. The van der Waals surface area contributed by atoms with E-state index in [1.807, 2.05) is 12.1 Å². The van der Waals surface area contributed by atoms with Crippen molar-refractivity contribution in [1.29, 1.82) is 0 Å². The summed E-state index contributed by atoms with van der Waals surface area (Å²) in [6.45, 7) is 4.13. The molecule has 0 saturated carbocycles. The van der Waals surface area contributed by atoms with Gasteiger partial charge in [-0.25, -0.2) is 0 Å². The lowest BCUT2D eigenvalue weighted by Crippen LogP contribution is -2.11. The van der Waals surface area contributed by atoms with Crippen LogP contribution in [0.2, 0.25) is 0 Å². The molecule has 90 valence electrons. The highest BCUT2D eigenvalue weighted by molar-refractivity contribution is 5.68. The van der Waals surface area contributed by atoms with E-state index in [4.69, 9.17) is 14.2 Å². The van der Waals surface area contributed by atoms with Crippen molar-refractivity contribution in [2.24, 2.45) is 0 Å². The van der Waals surface area contributed by atoms with Crippen LogP contribution in [0.1, 0.15) is 13.8 Å². The molecular weight excluding hydrogens is 206 g/mol. The van der Waals surface area contributed by atoms with Gasteiger partial charge in [0, 0.05) is 6.04 Å². The van der Waals surface area contributed by atoms with E-state index in [1.165, 1.54) is 0 Å². The third kappa shape index (κ3) is 2.51. The first-order chi connectivity index (χ1) is 7.63. The van der Waals surface area contributed by atoms with Crippen molar-refractivity contribution < 1.29 is 14.2 Å². The third-order valence-electron chi connectivity index (χ3n) is 2.15. The Kier molecular flexibility index (Phi) is 4.28. The van der Waals surface area contributed by atoms with Crippen LogP contribution in [0.15, 0.2) is 12.1 Å². The monoisotopic (exact) mass is 225 g/mol. The van der Waals surface area contributed by atoms with E-state index in [0.717, 1.165) is 5.69 Å². The first-order valence-electron chi connectivity index (χ1n) is 5.19. The van der Waals surface area contributed by atoms with Crippen LogP contribution in [-0.2, 0) is 0 Å². The molecule has 0 aromatic heterocycles. The standard InChI is InChI=1S/C12H19NO3/c1-8(2)13-9-6-7-10(14-3)12(16-5)11(9)15-4/h6-8,13H,1-5H3. The van der Waals surface area contributed by atoms with E-state index in [1.54, 1.807) is 21.3 Å². The van der Waals surface area contributed by atoms with Crippen molar-refractivity contribution in [1.82, 2.24) is 0 Å². The molecule has 0 aliphatic heterocycles. The number of ether oxygens (including phenoxy) is 3. The molecule has 0 radical (unpaired) electrons. The normalized spacial score (nSPS) is 10.1. The van der Waals surface area contributed by atoms with Gasteiger partial charge in [0.2, 0.25) is 5.75 Å². The van der Waals surface area contributed by atoms with Crippen molar-refractivity contribution in [2.75, 3.05) is 26.6 Å². The molecule has 0 amide bonds. The second kappa shape index (κ2) is 5.49. The molecular formula is C12H19NO3. The molecule has 0 saturated heterocycles.